The number of hydrogen-bond donors (Lipinski definition) is 1. The molecule has 2 saturated heterocycles. The van der Waals surface area contributed by atoms with Gasteiger partial charge < -0.3 is 9.84 Å². The highest BCUT2D eigenvalue weighted by Crippen LogP contribution is 2.66. The summed E-state index contributed by atoms with van der Waals surface area (Å²) in [5, 5.41) is 22.3. The van der Waals surface area contributed by atoms with Crippen LogP contribution in [0.2, 0.25) is 0 Å². The first-order chi connectivity index (χ1) is 23.5. The number of anilines is 2. The standard InChI is InChI=1S/C33H21Cl2F4N3O8/c34-31-14-23-20(10-11-21-25(23)28(45)40(27(21)44)16-5-7-18(8-6-16)42(48)49)26(22-13-19(9-12-24(22)43)50-33(37,38)39)32(31,35)30(47)41(29(31)46)17-3-1-15(36)2-4-17/h1-10,12-13,21,23,25-26,43H,11,14H2/t21-,23+,25-,26+,31+,32-/m0/s1. The van der Waals surface area contributed by atoms with Gasteiger partial charge in [-0.05, 0) is 73.4 Å². The summed E-state index contributed by atoms with van der Waals surface area (Å²) in [6.07, 6.45) is -4.29. The molecule has 0 bridgehead atoms. The summed E-state index contributed by atoms with van der Waals surface area (Å²) in [5.41, 5.74) is -0.610. The first-order valence-corrected chi connectivity index (χ1v) is 15.7. The maximum atomic E-state index is 14.4. The van der Waals surface area contributed by atoms with Gasteiger partial charge in [-0.25, -0.2) is 9.29 Å². The normalized spacial score (nSPS) is 29.0. The summed E-state index contributed by atoms with van der Waals surface area (Å²) in [7, 11) is 0. The quantitative estimate of drug-likeness (QED) is 0.0826. The van der Waals surface area contributed by atoms with Crippen molar-refractivity contribution in [1.82, 2.24) is 0 Å². The maximum Gasteiger partial charge on any atom is 0.573 e. The molecule has 0 aromatic heterocycles. The van der Waals surface area contributed by atoms with Crippen molar-refractivity contribution in [1.29, 1.82) is 0 Å². The number of imide groups is 2. The molecule has 2 aliphatic carbocycles. The molecule has 0 spiro atoms. The number of nitrogens with zero attached hydrogens (tertiary/aromatic N) is 3. The van der Waals surface area contributed by atoms with Crippen LogP contribution in [0, 0.1) is 33.7 Å². The molecule has 0 unspecified atom stereocenters. The van der Waals surface area contributed by atoms with Crippen LogP contribution in [0.5, 0.6) is 11.5 Å². The lowest BCUT2D eigenvalue weighted by molar-refractivity contribution is -0.384. The molecule has 2 aliphatic heterocycles. The molecule has 17 heteroatoms. The number of amides is 4. The number of phenolic OH excluding ortho intramolecular Hbond substituents is 1. The van der Waals surface area contributed by atoms with Crippen LogP contribution >= 0.6 is 23.2 Å². The minimum Gasteiger partial charge on any atom is -0.508 e. The lowest BCUT2D eigenvalue weighted by Crippen LogP contribution is -2.60. The van der Waals surface area contributed by atoms with Gasteiger partial charge in [0.2, 0.25) is 11.8 Å². The van der Waals surface area contributed by atoms with Crippen molar-refractivity contribution in [2.24, 2.45) is 17.8 Å². The number of halogens is 6. The highest BCUT2D eigenvalue weighted by molar-refractivity contribution is 6.58. The first-order valence-electron chi connectivity index (χ1n) is 14.9. The van der Waals surface area contributed by atoms with Crippen LogP contribution in [0.1, 0.15) is 24.3 Å². The van der Waals surface area contributed by atoms with Gasteiger partial charge in [0.1, 0.15) is 17.3 Å². The second-order valence-electron chi connectivity index (χ2n) is 12.3. The van der Waals surface area contributed by atoms with Crippen LogP contribution in [-0.2, 0) is 19.2 Å². The summed E-state index contributed by atoms with van der Waals surface area (Å²) in [5.74, 6) is -10.8. The molecule has 1 saturated carbocycles. The van der Waals surface area contributed by atoms with Crippen molar-refractivity contribution in [2.75, 3.05) is 9.80 Å². The molecule has 0 radical (unpaired) electrons. The zero-order valence-corrected chi connectivity index (χ0v) is 26.6. The van der Waals surface area contributed by atoms with E-state index in [4.69, 9.17) is 23.2 Å². The zero-order valence-electron chi connectivity index (χ0n) is 25.1. The largest absolute Gasteiger partial charge is 0.573 e. The van der Waals surface area contributed by atoms with Gasteiger partial charge in [-0.3, -0.25) is 34.2 Å². The van der Waals surface area contributed by atoms with E-state index in [9.17, 15) is 52.0 Å². The molecule has 4 amide bonds. The second kappa shape index (κ2) is 11.3. The van der Waals surface area contributed by atoms with Gasteiger partial charge in [0, 0.05) is 23.6 Å². The molecule has 50 heavy (non-hydrogen) atoms. The SMILES string of the molecule is O=C1[C@H]2[C@H](CC=C3[C@H]2C[C@@]2(Cl)C(=O)N(c4ccc(F)cc4)C(=O)[C@@]2(Cl)[C@H]3c2cc(OC(F)(F)F)ccc2O)C(=O)N1c1ccc([N+](=O)[O-])cc1. The van der Waals surface area contributed by atoms with Gasteiger partial charge in [0.25, 0.3) is 17.5 Å². The molecule has 3 aromatic rings. The number of allylic oxidation sites excluding steroid dienone is 2. The fraction of sp³-hybridized carbons (Fsp3) is 0.273. The van der Waals surface area contributed by atoms with E-state index in [1.165, 1.54) is 18.2 Å². The minimum atomic E-state index is -5.16. The molecule has 6 atom stereocenters. The average Bonchev–Trinajstić information content (AvgIpc) is 3.39. The number of carbonyl (C=O) groups excluding carboxylic acids is 4. The van der Waals surface area contributed by atoms with Crippen molar-refractivity contribution < 1.29 is 51.5 Å². The Labute approximate surface area is 288 Å². The van der Waals surface area contributed by atoms with Gasteiger partial charge in [-0.2, -0.15) is 0 Å². The van der Waals surface area contributed by atoms with Crippen LogP contribution in [0.25, 0.3) is 0 Å². The van der Waals surface area contributed by atoms with E-state index in [2.05, 4.69) is 4.74 Å². The lowest BCUT2D eigenvalue weighted by atomic mass is 9.56. The van der Waals surface area contributed by atoms with Crippen molar-refractivity contribution in [2.45, 2.75) is 34.9 Å². The Balaban J connectivity index is 1.39. The van der Waals surface area contributed by atoms with Gasteiger partial charge in [0.15, 0.2) is 9.75 Å². The first kappa shape index (κ1) is 33.5. The molecular formula is C33H21Cl2F4N3O8. The fourth-order valence-electron chi connectivity index (χ4n) is 7.68. The number of benzene rings is 3. The van der Waals surface area contributed by atoms with E-state index >= 15 is 0 Å². The third-order valence-corrected chi connectivity index (χ3v) is 11.2. The number of aromatic hydroxyl groups is 1. The second-order valence-corrected chi connectivity index (χ2v) is 13.5. The van der Waals surface area contributed by atoms with Gasteiger partial charge in [-0.15, -0.1) is 36.4 Å². The molecule has 3 aromatic carbocycles. The Morgan fingerprint density at radius 1 is 0.880 bits per heavy atom. The molecular weight excluding hydrogens is 713 g/mol. The van der Waals surface area contributed by atoms with E-state index < -0.39 is 92.1 Å². The third-order valence-electron chi connectivity index (χ3n) is 9.76. The van der Waals surface area contributed by atoms with Crippen LogP contribution < -0.4 is 14.5 Å². The number of non-ortho nitro benzene ring substituents is 1. The molecule has 258 valence electrons. The van der Waals surface area contributed by atoms with Crippen molar-refractivity contribution in [3.63, 3.8) is 0 Å². The maximum absolute atomic E-state index is 14.4. The van der Waals surface area contributed by atoms with E-state index in [0.717, 1.165) is 59.5 Å². The third kappa shape index (κ3) is 4.77. The monoisotopic (exact) mass is 733 g/mol. The number of carbonyl (C=O) groups is 4. The van der Waals surface area contributed by atoms with E-state index in [0.29, 0.717) is 4.90 Å². The lowest BCUT2D eigenvalue weighted by Gasteiger charge is -2.50. The van der Waals surface area contributed by atoms with Crippen LogP contribution in [0.15, 0.2) is 78.4 Å². The highest BCUT2D eigenvalue weighted by Gasteiger charge is 2.77. The van der Waals surface area contributed by atoms with E-state index in [-0.39, 0.29) is 34.6 Å². The summed E-state index contributed by atoms with van der Waals surface area (Å²) >= 11 is 14.4. The molecule has 11 nitrogen and oxygen atoms in total. The number of nitro benzene ring substituents is 1. The fourth-order valence-corrected chi connectivity index (χ4v) is 8.61. The number of phenols is 1. The predicted molar refractivity (Wildman–Crippen MR) is 167 cm³/mol. The number of nitro groups is 1. The summed E-state index contributed by atoms with van der Waals surface area (Å²) < 4.78 is 57.8. The average molecular weight is 734 g/mol. The minimum absolute atomic E-state index is 0.0328. The van der Waals surface area contributed by atoms with E-state index in [1.807, 2.05) is 0 Å². The predicted octanol–water partition coefficient (Wildman–Crippen LogP) is 6.11. The summed E-state index contributed by atoms with van der Waals surface area (Å²) in [6, 6.07) is 11.4. The van der Waals surface area contributed by atoms with E-state index in [1.54, 1.807) is 0 Å². The van der Waals surface area contributed by atoms with Crippen molar-refractivity contribution in [3.8, 4) is 11.5 Å². The molecule has 2 heterocycles. The van der Waals surface area contributed by atoms with Crippen LogP contribution in [0.4, 0.5) is 34.6 Å². The summed E-state index contributed by atoms with van der Waals surface area (Å²) in [4.78, 5) is 63.6. The van der Waals surface area contributed by atoms with Crippen molar-refractivity contribution >= 4 is 63.9 Å². The number of rotatable bonds is 5. The molecule has 4 aliphatic rings. The van der Waals surface area contributed by atoms with Gasteiger partial charge in [0.05, 0.1) is 28.1 Å². The Morgan fingerprint density at radius 3 is 2.12 bits per heavy atom. The topological polar surface area (TPSA) is 147 Å². The highest BCUT2D eigenvalue weighted by atomic mass is 35.5. The number of alkyl halides is 5. The number of ether oxygens (including phenoxy) is 1. The van der Waals surface area contributed by atoms with Gasteiger partial charge in [-0.1, -0.05) is 11.6 Å². The summed E-state index contributed by atoms with van der Waals surface area (Å²) in [6.45, 7) is 0. The Bertz CT molecular complexity index is 2040. The van der Waals surface area contributed by atoms with Crippen LogP contribution in [0.3, 0.4) is 0 Å². The van der Waals surface area contributed by atoms with Crippen molar-refractivity contribution in [3.05, 3.63) is 99.9 Å². The molecule has 1 N–H and O–H groups in total. The Hall–Kier alpha value is -5.02. The number of hydrogen-bond acceptors (Lipinski definition) is 8. The van der Waals surface area contributed by atoms with Gasteiger partial charge >= 0.3 is 6.36 Å². The van der Waals surface area contributed by atoms with Crippen LogP contribution in [-0.4, -0.2) is 49.8 Å². The zero-order chi connectivity index (χ0) is 36.1. The molecule has 7 rings (SSSR count). The Morgan fingerprint density at radius 2 is 1.50 bits per heavy atom. The smallest absolute Gasteiger partial charge is 0.508 e. The molecule has 3 fully saturated rings. The number of fused-ring (bicyclic) bond motifs is 4. The Kier molecular flexibility index (Phi) is 7.53.